The highest BCUT2D eigenvalue weighted by Crippen LogP contribution is 2.17. The maximum Gasteiger partial charge on any atom is 0.251 e. The van der Waals surface area contributed by atoms with Crippen molar-refractivity contribution in [2.24, 2.45) is 17.6 Å². The molecule has 136 valence electrons. The summed E-state index contributed by atoms with van der Waals surface area (Å²) in [5.74, 6) is 1.41. The maximum atomic E-state index is 12.2. The number of likely N-dealkylation sites (tertiary alicyclic amines) is 1. The first-order valence-electron chi connectivity index (χ1n) is 8.88. The summed E-state index contributed by atoms with van der Waals surface area (Å²) < 4.78 is 0. The Morgan fingerprint density at radius 1 is 1.25 bits per heavy atom. The molecule has 1 heterocycles. The van der Waals surface area contributed by atoms with Gasteiger partial charge in [-0.25, -0.2) is 0 Å². The SMILES string of the molecule is CC(C)CCN1CCC(CNC(=O)c2ccc(CN)cc2)CC1.Cl. The predicted molar refractivity (Wildman–Crippen MR) is 103 cm³/mol. The first-order valence-corrected chi connectivity index (χ1v) is 8.88. The molecule has 1 aliphatic heterocycles. The number of piperidine rings is 1. The number of rotatable bonds is 7. The Kier molecular flexibility index (Phi) is 9.34. The van der Waals surface area contributed by atoms with Crippen LogP contribution in [0.2, 0.25) is 0 Å². The van der Waals surface area contributed by atoms with E-state index in [0.29, 0.717) is 12.5 Å². The minimum absolute atomic E-state index is 0. The van der Waals surface area contributed by atoms with Crippen LogP contribution in [0.5, 0.6) is 0 Å². The molecule has 2 rings (SSSR count). The van der Waals surface area contributed by atoms with E-state index < -0.39 is 0 Å². The molecule has 24 heavy (non-hydrogen) atoms. The third-order valence-electron chi connectivity index (χ3n) is 4.73. The van der Waals surface area contributed by atoms with Crippen molar-refractivity contribution < 1.29 is 4.79 Å². The minimum Gasteiger partial charge on any atom is -0.352 e. The van der Waals surface area contributed by atoms with Crippen LogP contribution in [0, 0.1) is 11.8 Å². The summed E-state index contributed by atoms with van der Waals surface area (Å²) >= 11 is 0. The Hall–Kier alpha value is -1.10. The average molecular weight is 354 g/mol. The van der Waals surface area contributed by atoms with Gasteiger partial charge in [0.2, 0.25) is 0 Å². The van der Waals surface area contributed by atoms with Gasteiger partial charge >= 0.3 is 0 Å². The standard InChI is InChI=1S/C19H31N3O.ClH/c1-15(2)7-10-22-11-8-17(9-12-22)14-21-19(23)18-5-3-16(13-20)4-6-18;/h3-6,15,17H,7-14,20H2,1-2H3,(H,21,23);1H. The quantitative estimate of drug-likeness (QED) is 0.792. The number of benzene rings is 1. The molecule has 0 saturated carbocycles. The molecule has 4 nitrogen and oxygen atoms in total. The van der Waals surface area contributed by atoms with Crippen molar-refractivity contribution in [1.82, 2.24) is 10.2 Å². The Labute approximate surface area is 152 Å². The molecular formula is C19H32ClN3O. The summed E-state index contributed by atoms with van der Waals surface area (Å²) in [5.41, 5.74) is 7.35. The van der Waals surface area contributed by atoms with Crippen molar-refractivity contribution in [3.63, 3.8) is 0 Å². The van der Waals surface area contributed by atoms with Crippen LogP contribution in [0.15, 0.2) is 24.3 Å². The van der Waals surface area contributed by atoms with Gasteiger partial charge in [-0.3, -0.25) is 4.79 Å². The van der Waals surface area contributed by atoms with Gasteiger partial charge in [0.1, 0.15) is 0 Å². The number of nitrogens with zero attached hydrogens (tertiary/aromatic N) is 1. The molecule has 1 aromatic carbocycles. The highest BCUT2D eigenvalue weighted by Gasteiger charge is 2.19. The summed E-state index contributed by atoms with van der Waals surface area (Å²) in [6, 6.07) is 7.54. The second-order valence-corrected chi connectivity index (χ2v) is 7.08. The van der Waals surface area contributed by atoms with Crippen LogP contribution < -0.4 is 11.1 Å². The van der Waals surface area contributed by atoms with E-state index in [-0.39, 0.29) is 18.3 Å². The van der Waals surface area contributed by atoms with Crippen LogP contribution in [-0.4, -0.2) is 37.0 Å². The van der Waals surface area contributed by atoms with Gasteiger partial charge in [0, 0.05) is 18.7 Å². The van der Waals surface area contributed by atoms with Gasteiger partial charge in [-0.05, 0) is 68.4 Å². The monoisotopic (exact) mass is 353 g/mol. The van der Waals surface area contributed by atoms with Gasteiger partial charge in [-0.1, -0.05) is 26.0 Å². The summed E-state index contributed by atoms with van der Waals surface area (Å²) in [6.07, 6.45) is 3.65. The summed E-state index contributed by atoms with van der Waals surface area (Å²) in [7, 11) is 0. The zero-order valence-electron chi connectivity index (χ0n) is 15.0. The summed E-state index contributed by atoms with van der Waals surface area (Å²) in [4.78, 5) is 14.7. The van der Waals surface area contributed by atoms with Gasteiger partial charge in [0.15, 0.2) is 0 Å². The number of amides is 1. The number of nitrogens with one attached hydrogen (secondary N) is 1. The Balaban J connectivity index is 0.00000288. The van der Waals surface area contributed by atoms with Crippen LogP contribution in [0.1, 0.15) is 49.0 Å². The van der Waals surface area contributed by atoms with Crippen molar-refractivity contribution in [1.29, 1.82) is 0 Å². The lowest BCUT2D eigenvalue weighted by Gasteiger charge is -2.32. The van der Waals surface area contributed by atoms with E-state index in [9.17, 15) is 4.79 Å². The van der Waals surface area contributed by atoms with Crippen LogP contribution in [0.4, 0.5) is 0 Å². The first kappa shape index (κ1) is 20.9. The third kappa shape index (κ3) is 6.80. The first-order chi connectivity index (χ1) is 11.1. The molecule has 0 unspecified atom stereocenters. The van der Waals surface area contributed by atoms with Gasteiger partial charge in [-0.2, -0.15) is 0 Å². The molecule has 0 spiro atoms. The lowest BCUT2D eigenvalue weighted by Crippen LogP contribution is -2.39. The molecule has 0 aliphatic carbocycles. The fourth-order valence-electron chi connectivity index (χ4n) is 2.99. The molecule has 5 heteroatoms. The highest BCUT2D eigenvalue weighted by molar-refractivity contribution is 5.94. The molecule has 1 fully saturated rings. The lowest BCUT2D eigenvalue weighted by atomic mass is 9.96. The lowest BCUT2D eigenvalue weighted by molar-refractivity contribution is 0.0935. The molecule has 0 atom stereocenters. The van der Waals surface area contributed by atoms with Crippen LogP contribution in [0.25, 0.3) is 0 Å². The molecular weight excluding hydrogens is 322 g/mol. The van der Waals surface area contributed by atoms with Crippen molar-refractivity contribution in [3.8, 4) is 0 Å². The van der Waals surface area contributed by atoms with Crippen LogP contribution >= 0.6 is 12.4 Å². The van der Waals surface area contributed by atoms with Crippen molar-refractivity contribution in [2.45, 2.75) is 39.7 Å². The van der Waals surface area contributed by atoms with E-state index in [1.807, 2.05) is 24.3 Å². The van der Waals surface area contributed by atoms with E-state index >= 15 is 0 Å². The Bertz CT molecular complexity index is 482. The third-order valence-corrected chi connectivity index (χ3v) is 4.73. The van der Waals surface area contributed by atoms with Crippen LogP contribution in [0.3, 0.4) is 0 Å². The second kappa shape index (κ2) is 10.7. The predicted octanol–water partition coefficient (Wildman–Crippen LogP) is 3.06. The van der Waals surface area contributed by atoms with Gasteiger partial charge in [0.25, 0.3) is 5.91 Å². The largest absolute Gasteiger partial charge is 0.352 e. The zero-order valence-corrected chi connectivity index (χ0v) is 15.8. The summed E-state index contributed by atoms with van der Waals surface area (Å²) in [6.45, 7) is 9.40. The molecule has 3 N–H and O–H groups in total. The average Bonchev–Trinajstić information content (AvgIpc) is 2.58. The number of carbonyl (C=O) groups is 1. The molecule has 1 aliphatic rings. The minimum atomic E-state index is 0. The molecule has 1 aromatic rings. The molecule has 0 radical (unpaired) electrons. The van der Waals surface area contributed by atoms with E-state index in [4.69, 9.17) is 5.73 Å². The number of nitrogens with two attached hydrogens (primary N) is 1. The van der Waals surface area contributed by atoms with Gasteiger partial charge < -0.3 is 16.0 Å². The van der Waals surface area contributed by atoms with Gasteiger partial charge in [-0.15, -0.1) is 12.4 Å². The fraction of sp³-hybridized carbons (Fsp3) is 0.632. The van der Waals surface area contributed by atoms with E-state index in [1.54, 1.807) is 0 Å². The van der Waals surface area contributed by atoms with Crippen molar-refractivity contribution in [2.75, 3.05) is 26.2 Å². The van der Waals surface area contributed by atoms with E-state index in [0.717, 1.165) is 23.6 Å². The fourth-order valence-corrected chi connectivity index (χ4v) is 2.99. The molecule has 0 aromatic heterocycles. The molecule has 1 amide bonds. The smallest absolute Gasteiger partial charge is 0.251 e. The summed E-state index contributed by atoms with van der Waals surface area (Å²) in [5, 5.41) is 3.08. The van der Waals surface area contributed by atoms with Crippen molar-refractivity contribution in [3.05, 3.63) is 35.4 Å². The number of hydrogen-bond donors (Lipinski definition) is 2. The van der Waals surface area contributed by atoms with Crippen molar-refractivity contribution >= 4 is 18.3 Å². The highest BCUT2D eigenvalue weighted by atomic mass is 35.5. The van der Waals surface area contributed by atoms with E-state index in [1.165, 1.54) is 38.9 Å². The Morgan fingerprint density at radius 2 is 1.88 bits per heavy atom. The normalized spacial score (nSPS) is 16.0. The number of halogens is 1. The molecule has 0 bridgehead atoms. The number of hydrogen-bond acceptors (Lipinski definition) is 3. The Morgan fingerprint density at radius 3 is 2.42 bits per heavy atom. The zero-order chi connectivity index (χ0) is 16.7. The second-order valence-electron chi connectivity index (χ2n) is 7.08. The molecule has 1 saturated heterocycles. The number of carbonyl (C=O) groups excluding carboxylic acids is 1. The van der Waals surface area contributed by atoms with Gasteiger partial charge in [0.05, 0.1) is 0 Å². The van der Waals surface area contributed by atoms with Crippen LogP contribution in [-0.2, 0) is 6.54 Å². The topological polar surface area (TPSA) is 58.4 Å². The van der Waals surface area contributed by atoms with E-state index in [2.05, 4.69) is 24.1 Å². The maximum absolute atomic E-state index is 12.2.